The normalized spacial score (nSPS) is 10.9. The van der Waals surface area contributed by atoms with E-state index in [0.29, 0.717) is 21.3 Å². The molecule has 0 bridgehead atoms. The number of ether oxygens (including phenoxy) is 1. The third-order valence-electron chi connectivity index (χ3n) is 3.13. The molecule has 20 heavy (non-hydrogen) atoms. The Hall–Kier alpha value is -1.85. The van der Waals surface area contributed by atoms with E-state index in [2.05, 4.69) is 9.97 Å². The molecular weight excluding hydrogens is 294 g/mol. The van der Waals surface area contributed by atoms with Crippen molar-refractivity contribution in [2.75, 3.05) is 7.11 Å². The number of aryl methyl sites for hydroxylation is 1. The number of aromatic amines is 1. The summed E-state index contributed by atoms with van der Waals surface area (Å²) in [6.45, 7) is 1.96. The number of rotatable bonds is 2. The van der Waals surface area contributed by atoms with Gasteiger partial charge in [-0.1, -0.05) is 17.7 Å². The summed E-state index contributed by atoms with van der Waals surface area (Å²) in [5, 5.41) is 0.696. The molecule has 0 atom stereocenters. The minimum atomic E-state index is 0.540. The van der Waals surface area contributed by atoms with Gasteiger partial charge < -0.3 is 9.72 Å². The molecule has 1 N–H and O–H groups in total. The fourth-order valence-electron chi connectivity index (χ4n) is 2.04. The second-order valence-electron chi connectivity index (χ2n) is 4.42. The lowest BCUT2D eigenvalue weighted by molar-refractivity contribution is 0.399. The van der Waals surface area contributed by atoms with E-state index in [1.165, 1.54) is 0 Å². The molecule has 2 aromatic heterocycles. The Labute approximate surface area is 126 Å². The van der Waals surface area contributed by atoms with Crippen molar-refractivity contribution < 1.29 is 4.74 Å². The molecule has 0 amide bonds. The number of hydrogen-bond acceptors (Lipinski definition) is 3. The number of imidazole rings is 1. The number of halogens is 1. The molecule has 0 aliphatic carbocycles. The molecule has 3 rings (SSSR count). The van der Waals surface area contributed by atoms with Gasteiger partial charge in [0.25, 0.3) is 0 Å². The number of hydrogen-bond donors (Lipinski definition) is 1. The molecule has 0 saturated carbocycles. The van der Waals surface area contributed by atoms with Crippen LogP contribution in [0.4, 0.5) is 0 Å². The number of H-pyrrole nitrogens is 1. The molecule has 2 heterocycles. The first kappa shape index (κ1) is 13.1. The van der Waals surface area contributed by atoms with Gasteiger partial charge in [0.05, 0.1) is 18.3 Å². The molecule has 0 spiro atoms. The van der Waals surface area contributed by atoms with Crippen molar-refractivity contribution in [2.24, 2.45) is 0 Å². The highest BCUT2D eigenvalue weighted by atomic mass is 35.5. The lowest BCUT2D eigenvalue weighted by atomic mass is 10.2. The van der Waals surface area contributed by atoms with Crippen LogP contribution < -0.4 is 4.74 Å². The van der Waals surface area contributed by atoms with E-state index in [4.69, 9.17) is 28.6 Å². The fourth-order valence-corrected chi connectivity index (χ4v) is 2.52. The van der Waals surface area contributed by atoms with Gasteiger partial charge in [0.2, 0.25) is 5.88 Å². The highest BCUT2D eigenvalue weighted by Gasteiger charge is 2.10. The Bertz CT molecular complexity index is 853. The number of nitrogens with one attached hydrogen (secondary N) is 1. The maximum atomic E-state index is 6.19. The lowest BCUT2D eigenvalue weighted by Gasteiger charge is -2.06. The second kappa shape index (κ2) is 4.92. The number of fused-ring (bicyclic) bond motifs is 1. The first-order valence-corrected chi connectivity index (χ1v) is 6.81. The predicted molar refractivity (Wildman–Crippen MR) is 82.6 cm³/mol. The summed E-state index contributed by atoms with van der Waals surface area (Å²) in [6.07, 6.45) is 0. The molecule has 6 heteroatoms. The highest BCUT2D eigenvalue weighted by Crippen LogP contribution is 2.24. The van der Waals surface area contributed by atoms with Gasteiger partial charge in [-0.05, 0) is 42.9 Å². The van der Waals surface area contributed by atoms with Crippen molar-refractivity contribution in [2.45, 2.75) is 6.92 Å². The van der Waals surface area contributed by atoms with Crippen molar-refractivity contribution in [3.05, 3.63) is 45.7 Å². The average Bonchev–Trinajstić information content (AvgIpc) is 2.77. The van der Waals surface area contributed by atoms with E-state index in [-0.39, 0.29) is 0 Å². The summed E-state index contributed by atoms with van der Waals surface area (Å²) in [7, 11) is 1.59. The largest absolute Gasteiger partial charge is 0.481 e. The van der Waals surface area contributed by atoms with Crippen molar-refractivity contribution in [1.29, 1.82) is 0 Å². The van der Waals surface area contributed by atoms with Crippen LogP contribution in [-0.4, -0.2) is 21.6 Å². The topological polar surface area (TPSA) is 42.8 Å². The Morgan fingerprint density at radius 3 is 2.80 bits per heavy atom. The number of nitrogens with zero attached hydrogens (tertiary/aromatic N) is 2. The monoisotopic (exact) mass is 305 g/mol. The van der Waals surface area contributed by atoms with Crippen LogP contribution in [0.2, 0.25) is 5.02 Å². The third kappa shape index (κ3) is 2.09. The van der Waals surface area contributed by atoms with Gasteiger partial charge >= 0.3 is 0 Å². The Kier molecular flexibility index (Phi) is 3.23. The van der Waals surface area contributed by atoms with Crippen molar-refractivity contribution in [3.8, 4) is 11.6 Å². The zero-order valence-electron chi connectivity index (χ0n) is 11.0. The van der Waals surface area contributed by atoms with Crippen LogP contribution in [-0.2, 0) is 0 Å². The Balaban J connectivity index is 2.31. The van der Waals surface area contributed by atoms with E-state index in [9.17, 15) is 0 Å². The zero-order valence-corrected chi connectivity index (χ0v) is 12.5. The van der Waals surface area contributed by atoms with Gasteiger partial charge in [0.1, 0.15) is 0 Å². The van der Waals surface area contributed by atoms with Crippen LogP contribution in [0.3, 0.4) is 0 Å². The third-order valence-corrected chi connectivity index (χ3v) is 3.82. The molecule has 0 saturated heterocycles. The average molecular weight is 306 g/mol. The van der Waals surface area contributed by atoms with Crippen molar-refractivity contribution >= 4 is 35.0 Å². The smallest absolute Gasteiger partial charge is 0.215 e. The molecule has 4 nitrogen and oxygen atoms in total. The molecule has 0 radical (unpaired) electrons. The zero-order chi connectivity index (χ0) is 14.3. The summed E-state index contributed by atoms with van der Waals surface area (Å²) in [5.74, 6) is 0.540. The van der Waals surface area contributed by atoms with E-state index >= 15 is 0 Å². The summed E-state index contributed by atoms with van der Waals surface area (Å²) >= 11 is 11.6. The first-order valence-electron chi connectivity index (χ1n) is 6.02. The Morgan fingerprint density at radius 2 is 2.10 bits per heavy atom. The number of aromatic nitrogens is 3. The van der Waals surface area contributed by atoms with Crippen LogP contribution in [0.15, 0.2) is 30.3 Å². The first-order chi connectivity index (χ1) is 9.60. The maximum Gasteiger partial charge on any atom is 0.215 e. The molecular formula is C14H12ClN3OS. The minimum Gasteiger partial charge on any atom is -0.481 e. The van der Waals surface area contributed by atoms with Gasteiger partial charge in [-0.3, -0.25) is 4.57 Å². The van der Waals surface area contributed by atoms with Crippen LogP contribution >= 0.6 is 23.8 Å². The van der Waals surface area contributed by atoms with Gasteiger partial charge in [-0.15, -0.1) is 0 Å². The number of methoxy groups -OCH3 is 1. The van der Waals surface area contributed by atoms with E-state index in [1.807, 2.05) is 35.8 Å². The van der Waals surface area contributed by atoms with Crippen molar-refractivity contribution in [3.63, 3.8) is 0 Å². The molecule has 0 aliphatic rings. The standard InChI is InChI=1S/C14H12ClN3OS/c1-8-3-4-9(7-10(8)15)18-13-11(16-14(18)20)5-6-12(17-13)19-2/h3-7H,1-2H3,(H,16,20). The fraction of sp³-hybridized carbons (Fsp3) is 0.143. The second-order valence-corrected chi connectivity index (χ2v) is 5.22. The number of benzene rings is 1. The predicted octanol–water partition coefficient (Wildman–Crippen LogP) is 4.05. The van der Waals surface area contributed by atoms with E-state index in [0.717, 1.165) is 16.8 Å². The molecule has 0 fully saturated rings. The lowest BCUT2D eigenvalue weighted by Crippen LogP contribution is -1.97. The number of pyridine rings is 1. The molecule has 102 valence electrons. The van der Waals surface area contributed by atoms with Gasteiger partial charge in [0, 0.05) is 11.1 Å². The summed E-state index contributed by atoms with van der Waals surface area (Å²) in [4.78, 5) is 7.57. The van der Waals surface area contributed by atoms with Gasteiger partial charge in [-0.25, -0.2) is 0 Å². The van der Waals surface area contributed by atoms with Crippen LogP contribution in [0, 0.1) is 11.7 Å². The van der Waals surface area contributed by atoms with E-state index < -0.39 is 0 Å². The molecule has 1 aromatic carbocycles. The van der Waals surface area contributed by atoms with Gasteiger partial charge in [0.15, 0.2) is 10.4 Å². The molecule has 3 aromatic rings. The van der Waals surface area contributed by atoms with Crippen LogP contribution in [0.5, 0.6) is 5.88 Å². The molecule has 0 aliphatic heterocycles. The summed E-state index contributed by atoms with van der Waals surface area (Å²) in [6, 6.07) is 9.48. The van der Waals surface area contributed by atoms with Crippen LogP contribution in [0.1, 0.15) is 5.56 Å². The minimum absolute atomic E-state index is 0.540. The maximum absolute atomic E-state index is 6.19. The van der Waals surface area contributed by atoms with E-state index in [1.54, 1.807) is 13.2 Å². The summed E-state index contributed by atoms with van der Waals surface area (Å²) in [5.41, 5.74) is 3.46. The van der Waals surface area contributed by atoms with Gasteiger partial charge in [-0.2, -0.15) is 4.98 Å². The molecule has 0 unspecified atom stereocenters. The summed E-state index contributed by atoms with van der Waals surface area (Å²) < 4.78 is 7.58. The van der Waals surface area contributed by atoms with Crippen LogP contribution in [0.25, 0.3) is 16.9 Å². The Morgan fingerprint density at radius 1 is 1.30 bits per heavy atom. The highest BCUT2D eigenvalue weighted by molar-refractivity contribution is 7.71. The van der Waals surface area contributed by atoms with Crippen molar-refractivity contribution in [1.82, 2.24) is 14.5 Å². The SMILES string of the molecule is COc1ccc2[nH]c(=S)n(-c3ccc(C)c(Cl)c3)c2n1. The quantitative estimate of drug-likeness (QED) is 0.726.